The van der Waals surface area contributed by atoms with Gasteiger partial charge in [0.15, 0.2) is 0 Å². The van der Waals surface area contributed by atoms with Gasteiger partial charge >= 0.3 is 0 Å². The molecule has 160 valence electrons. The van der Waals surface area contributed by atoms with E-state index in [1.807, 2.05) is 12.3 Å². The summed E-state index contributed by atoms with van der Waals surface area (Å²) < 4.78 is 19.6. The SMILES string of the molecule is Cc1cccnc1CN1C[C@H]2C[C@@H](Oc3ccc(-c4cc(F)ccc4Cl)nn3)C[C@H]2C1. The highest BCUT2D eigenvalue weighted by molar-refractivity contribution is 6.33. The lowest BCUT2D eigenvalue weighted by Gasteiger charge is -2.19. The zero-order valence-electron chi connectivity index (χ0n) is 17.3. The summed E-state index contributed by atoms with van der Waals surface area (Å²) in [6.07, 6.45) is 4.09. The third kappa shape index (κ3) is 4.41. The highest BCUT2D eigenvalue weighted by Gasteiger charge is 2.42. The van der Waals surface area contributed by atoms with Crippen molar-refractivity contribution in [3.05, 3.63) is 70.8 Å². The minimum absolute atomic E-state index is 0.159. The number of aromatic nitrogens is 3. The van der Waals surface area contributed by atoms with Gasteiger partial charge in [-0.3, -0.25) is 9.88 Å². The van der Waals surface area contributed by atoms with Crippen LogP contribution in [0.1, 0.15) is 24.1 Å². The largest absolute Gasteiger partial charge is 0.473 e. The molecule has 1 aromatic carbocycles. The van der Waals surface area contributed by atoms with Crippen LogP contribution >= 0.6 is 11.6 Å². The molecule has 0 spiro atoms. The molecule has 2 aromatic heterocycles. The van der Waals surface area contributed by atoms with Crippen molar-refractivity contribution in [2.45, 2.75) is 32.4 Å². The standard InChI is InChI=1S/C24H24ClFN4O/c1-15-3-2-8-27-23(15)14-30-12-16-9-19(10-17(16)13-30)31-24-7-6-22(28-29-24)20-11-18(26)4-5-21(20)25/h2-8,11,16-17,19H,9-10,12-14H2,1H3/t16-,17+,19-. The molecular formula is C24H24ClFN4O. The van der Waals surface area contributed by atoms with Gasteiger partial charge in [-0.15, -0.1) is 10.2 Å². The Bertz CT molecular complexity index is 1060. The van der Waals surface area contributed by atoms with E-state index in [1.165, 1.54) is 29.5 Å². The van der Waals surface area contributed by atoms with E-state index < -0.39 is 0 Å². The normalized spacial score (nSPS) is 23.1. The lowest BCUT2D eigenvalue weighted by atomic mass is 10.0. The second-order valence-corrected chi connectivity index (χ2v) is 8.98. The molecule has 2 aliphatic rings. The first-order valence-electron chi connectivity index (χ1n) is 10.6. The van der Waals surface area contributed by atoms with E-state index >= 15 is 0 Å². The molecular weight excluding hydrogens is 415 g/mol. The number of fused-ring (bicyclic) bond motifs is 1. The van der Waals surface area contributed by atoms with E-state index in [-0.39, 0.29) is 11.9 Å². The van der Waals surface area contributed by atoms with Crippen LogP contribution in [0.4, 0.5) is 4.39 Å². The average molecular weight is 439 g/mol. The van der Waals surface area contributed by atoms with Crippen LogP contribution in [0, 0.1) is 24.6 Å². The van der Waals surface area contributed by atoms with Crippen LogP contribution < -0.4 is 4.74 Å². The third-order valence-corrected chi connectivity index (χ3v) is 6.74. The Morgan fingerprint density at radius 1 is 1.10 bits per heavy atom. The fourth-order valence-electron chi connectivity index (χ4n) is 4.85. The second kappa shape index (κ2) is 8.52. The Balaban J connectivity index is 1.17. The molecule has 0 unspecified atom stereocenters. The molecule has 0 N–H and O–H groups in total. The number of halogens is 2. The van der Waals surface area contributed by atoms with Gasteiger partial charge < -0.3 is 4.74 Å². The molecule has 3 heterocycles. The number of likely N-dealkylation sites (tertiary alicyclic amines) is 1. The fraction of sp³-hybridized carbons (Fsp3) is 0.375. The number of pyridine rings is 1. The molecule has 1 saturated heterocycles. The molecule has 5 rings (SSSR count). The van der Waals surface area contributed by atoms with E-state index in [4.69, 9.17) is 16.3 Å². The van der Waals surface area contributed by atoms with E-state index in [1.54, 1.807) is 12.1 Å². The fourth-order valence-corrected chi connectivity index (χ4v) is 5.07. The number of rotatable bonds is 5. The Labute approximate surface area is 186 Å². The molecule has 31 heavy (non-hydrogen) atoms. The van der Waals surface area contributed by atoms with E-state index in [0.29, 0.717) is 34.0 Å². The number of hydrogen-bond donors (Lipinski definition) is 0. The van der Waals surface area contributed by atoms with Crippen LogP contribution in [0.15, 0.2) is 48.7 Å². The Morgan fingerprint density at radius 3 is 2.61 bits per heavy atom. The number of nitrogens with zero attached hydrogens (tertiary/aromatic N) is 4. The van der Waals surface area contributed by atoms with Crippen molar-refractivity contribution in [1.82, 2.24) is 20.1 Å². The summed E-state index contributed by atoms with van der Waals surface area (Å²) >= 11 is 6.16. The van der Waals surface area contributed by atoms with E-state index in [9.17, 15) is 4.39 Å². The van der Waals surface area contributed by atoms with Crippen molar-refractivity contribution in [3.8, 4) is 17.1 Å². The summed E-state index contributed by atoms with van der Waals surface area (Å²) in [5.74, 6) is 1.44. The predicted octanol–water partition coefficient (Wildman–Crippen LogP) is 4.93. The Kier molecular flexibility index (Phi) is 5.59. The molecule has 1 aliphatic heterocycles. The van der Waals surface area contributed by atoms with Crippen molar-refractivity contribution < 1.29 is 9.13 Å². The highest BCUT2D eigenvalue weighted by Crippen LogP contribution is 2.40. The molecule has 1 aliphatic carbocycles. The summed E-state index contributed by atoms with van der Waals surface area (Å²) in [7, 11) is 0. The Hall–Kier alpha value is -2.57. The minimum atomic E-state index is -0.355. The molecule has 0 radical (unpaired) electrons. The van der Waals surface area contributed by atoms with Crippen LogP contribution in [-0.4, -0.2) is 39.3 Å². The van der Waals surface area contributed by atoms with Crippen molar-refractivity contribution >= 4 is 11.6 Å². The summed E-state index contributed by atoms with van der Waals surface area (Å²) in [5, 5.41) is 8.83. The summed E-state index contributed by atoms with van der Waals surface area (Å²) in [5.41, 5.74) is 3.48. The number of hydrogen-bond acceptors (Lipinski definition) is 5. The van der Waals surface area contributed by atoms with Crippen LogP contribution in [0.3, 0.4) is 0 Å². The zero-order chi connectivity index (χ0) is 21.4. The first kappa shape index (κ1) is 20.3. The monoisotopic (exact) mass is 438 g/mol. The van der Waals surface area contributed by atoms with Crippen molar-refractivity contribution in [2.24, 2.45) is 11.8 Å². The number of ether oxygens (including phenoxy) is 1. The first-order valence-corrected chi connectivity index (χ1v) is 11.0. The van der Waals surface area contributed by atoms with Gasteiger partial charge in [0.2, 0.25) is 5.88 Å². The molecule has 2 fully saturated rings. The van der Waals surface area contributed by atoms with Gasteiger partial charge in [-0.2, -0.15) is 0 Å². The maximum absolute atomic E-state index is 13.5. The lowest BCUT2D eigenvalue weighted by Crippen LogP contribution is -2.25. The molecule has 7 heteroatoms. The van der Waals surface area contributed by atoms with Gasteiger partial charge in [-0.05, 0) is 67.5 Å². The van der Waals surface area contributed by atoms with Crippen LogP contribution in [0.25, 0.3) is 11.3 Å². The second-order valence-electron chi connectivity index (χ2n) is 8.57. The summed E-state index contributed by atoms with van der Waals surface area (Å²) in [6.45, 7) is 5.21. The van der Waals surface area contributed by atoms with Gasteiger partial charge in [-0.1, -0.05) is 17.7 Å². The van der Waals surface area contributed by atoms with Gasteiger partial charge in [0.05, 0.1) is 16.4 Å². The Morgan fingerprint density at radius 2 is 1.90 bits per heavy atom. The first-order chi connectivity index (χ1) is 15.0. The molecule has 0 amide bonds. The smallest absolute Gasteiger partial charge is 0.233 e. The van der Waals surface area contributed by atoms with Crippen molar-refractivity contribution in [2.75, 3.05) is 13.1 Å². The lowest BCUT2D eigenvalue weighted by molar-refractivity contribution is 0.176. The van der Waals surface area contributed by atoms with Crippen molar-refractivity contribution in [3.63, 3.8) is 0 Å². The molecule has 0 bridgehead atoms. The van der Waals surface area contributed by atoms with Gasteiger partial charge in [0, 0.05) is 37.5 Å². The van der Waals surface area contributed by atoms with Gasteiger partial charge in [0.25, 0.3) is 0 Å². The molecule has 5 nitrogen and oxygen atoms in total. The van der Waals surface area contributed by atoms with Crippen LogP contribution in [-0.2, 0) is 6.54 Å². The molecule has 3 aromatic rings. The van der Waals surface area contributed by atoms with Gasteiger partial charge in [0.1, 0.15) is 11.9 Å². The van der Waals surface area contributed by atoms with Crippen LogP contribution in [0.5, 0.6) is 5.88 Å². The molecule has 3 atom stereocenters. The van der Waals surface area contributed by atoms with Crippen molar-refractivity contribution in [1.29, 1.82) is 0 Å². The quantitative estimate of drug-likeness (QED) is 0.565. The summed E-state index contributed by atoms with van der Waals surface area (Å²) in [6, 6.07) is 11.9. The maximum Gasteiger partial charge on any atom is 0.233 e. The number of benzene rings is 1. The van der Waals surface area contributed by atoms with E-state index in [2.05, 4.69) is 33.1 Å². The minimum Gasteiger partial charge on any atom is -0.473 e. The number of aryl methyl sites for hydroxylation is 1. The zero-order valence-corrected chi connectivity index (χ0v) is 18.1. The summed E-state index contributed by atoms with van der Waals surface area (Å²) in [4.78, 5) is 7.05. The van der Waals surface area contributed by atoms with Crippen LogP contribution in [0.2, 0.25) is 5.02 Å². The van der Waals surface area contributed by atoms with E-state index in [0.717, 1.165) is 32.5 Å². The maximum atomic E-state index is 13.5. The average Bonchev–Trinajstić information content (AvgIpc) is 3.30. The predicted molar refractivity (Wildman–Crippen MR) is 117 cm³/mol. The third-order valence-electron chi connectivity index (χ3n) is 6.41. The topological polar surface area (TPSA) is 51.1 Å². The van der Waals surface area contributed by atoms with Gasteiger partial charge in [-0.25, -0.2) is 4.39 Å². The molecule has 1 saturated carbocycles. The highest BCUT2D eigenvalue weighted by atomic mass is 35.5.